The van der Waals surface area contributed by atoms with E-state index in [1.54, 1.807) is 0 Å². The van der Waals surface area contributed by atoms with Gasteiger partial charge in [-0.1, -0.05) is 23.7 Å². The van der Waals surface area contributed by atoms with Crippen molar-refractivity contribution in [3.8, 4) is 22.9 Å². The highest BCUT2D eigenvalue weighted by molar-refractivity contribution is 6.32. The summed E-state index contributed by atoms with van der Waals surface area (Å²) in [5.74, 6) is -2.36. The van der Waals surface area contributed by atoms with Gasteiger partial charge in [-0.05, 0) is 18.2 Å². The van der Waals surface area contributed by atoms with Crippen LogP contribution in [0.2, 0.25) is 5.02 Å². The van der Waals surface area contributed by atoms with Crippen LogP contribution in [0.5, 0.6) is 17.2 Å². The fourth-order valence-corrected chi connectivity index (χ4v) is 2.66. The minimum Gasteiger partial charge on any atom is -0.452 e. The average Bonchev–Trinajstić information content (AvgIpc) is 2.69. The van der Waals surface area contributed by atoms with Crippen LogP contribution in [0.25, 0.3) is 5.69 Å². The van der Waals surface area contributed by atoms with Crippen molar-refractivity contribution >= 4 is 17.6 Å². The Kier molecular flexibility index (Phi) is 6.25. The first-order valence-electron chi connectivity index (χ1n) is 8.52. The largest absolute Gasteiger partial charge is 0.452 e. The summed E-state index contributed by atoms with van der Waals surface area (Å²) in [6.45, 7) is 1.09. The maximum absolute atomic E-state index is 14.5. The summed E-state index contributed by atoms with van der Waals surface area (Å²) in [6.07, 6.45) is -4.99. The number of carbonyl (C=O) groups is 1. The summed E-state index contributed by atoms with van der Waals surface area (Å²) in [7, 11) is 0. The Balaban J connectivity index is 2.07. The van der Waals surface area contributed by atoms with Crippen LogP contribution in [0.3, 0.4) is 0 Å². The van der Waals surface area contributed by atoms with Gasteiger partial charge >= 0.3 is 17.8 Å². The van der Waals surface area contributed by atoms with Crippen molar-refractivity contribution in [2.24, 2.45) is 0 Å². The third-order valence-electron chi connectivity index (χ3n) is 3.80. The molecule has 0 unspecified atom stereocenters. The molecule has 3 aromatic rings. The van der Waals surface area contributed by atoms with E-state index in [0.717, 1.165) is 13.0 Å². The highest BCUT2D eigenvalue weighted by Crippen LogP contribution is 2.37. The number of rotatable bonds is 5. The third kappa shape index (κ3) is 4.91. The van der Waals surface area contributed by atoms with Crippen LogP contribution in [-0.4, -0.2) is 15.5 Å². The zero-order valence-electron chi connectivity index (χ0n) is 15.8. The molecule has 2 aromatic carbocycles. The molecule has 0 fully saturated rings. The molecule has 0 saturated heterocycles. The van der Waals surface area contributed by atoms with Gasteiger partial charge in [-0.2, -0.15) is 13.2 Å². The van der Waals surface area contributed by atoms with Crippen LogP contribution < -0.4 is 20.9 Å². The van der Waals surface area contributed by atoms with E-state index in [2.05, 4.69) is 4.89 Å². The van der Waals surface area contributed by atoms with Crippen molar-refractivity contribution in [2.75, 3.05) is 0 Å². The molecule has 1 aromatic heterocycles. The lowest BCUT2D eigenvalue weighted by Gasteiger charge is -2.14. The van der Waals surface area contributed by atoms with E-state index in [4.69, 9.17) is 21.2 Å². The highest BCUT2D eigenvalue weighted by atomic mass is 35.5. The van der Waals surface area contributed by atoms with Crippen LogP contribution in [0.15, 0.2) is 52.1 Å². The Hall–Kier alpha value is -3.80. The quantitative estimate of drug-likeness (QED) is 0.341. The first kappa shape index (κ1) is 22.9. The van der Waals surface area contributed by atoms with Crippen molar-refractivity contribution in [3.63, 3.8) is 0 Å². The summed E-state index contributed by atoms with van der Waals surface area (Å²) in [5.41, 5.74) is -5.28. The van der Waals surface area contributed by atoms with Crippen LogP contribution in [0, 0.1) is 5.82 Å². The highest BCUT2D eigenvalue weighted by Gasteiger charge is 2.33. The molecule has 0 aliphatic carbocycles. The zero-order chi connectivity index (χ0) is 23.6. The van der Waals surface area contributed by atoms with E-state index < -0.39 is 40.6 Å². The molecule has 0 aliphatic heterocycles. The van der Waals surface area contributed by atoms with Gasteiger partial charge in [-0.3, -0.25) is 14.6 Å². The Labute approximate surface area is 180 Å². The molecule has 0 aliphatic rings. The van der Waals surface area contributed by atoms with Gasteiger partial charge in [0, 0.05) is 19.1 Å². The van der Waals surface area contributed by atoms with Crippen LogP contribution >= 0.6 is 11.6 Å². The molecule has 168 valence electrons. The maximum atomic E-state index is 14.5. The molecule has 0 radical (unpaired) electrons. The van der Waals surface area contributed by atoms with E-state index in [9.17, 15) is 31.9 Å². The summed E-state index contributed by atoms with van der Waals surface area (Å²) in [4.78, 5) is 45.9. The number of hydrogen-bond acceptors (Lipinski definition) is 6. The van der Waals surface area contributed by atoms with Gasteiger partial charge in [0.1, 0.15) is 17.3 Å². The lowest BCUT2D eigenvalue weighted by molar-refractivity contribution is -0.211. The van der Waals surface area contributed by atoms with Crippen molar-refractivity contribution in [3.05, 3.63) is 79.8 Å². The van der Waals surface area contributed by atoms with Crippen LogP contribution in [-0.2, 0) is 15.9 Å². The molecule has 1 N–H and O–H groups in total. The van der Waals surface area contributed by atoms with E-state index in [1.807, 2.05) is 0 Å². The standard InChI is InChI=1S/C19H11ClF4N2O6/c1-9(27)31-32-14-5-3-2-4-13(14)30-15-7-12(11(21)6-10(15)20)26-17(28)8-16(19(22,23)24)25-18(26)29/h2-8H,1H3,(H,25,29). The average molecular weight is 475 g/mol. The van der Waals surface area contributed by atoms with Crippen LogP contribution in [0.1, 0.15) is 12.6 Å². The van der Waals surface area contributed by atoms with Gasteiger partial charge in [0.2, 0.25) is 5.75 Å². The Morgan fingerprint density at radius 2 is 1.72 bits per heavy atom. The number of ether oxygens (including phenoxy) is 1. The van der Waals surface area contributed by atoms with E-state index >= 15 is 0 Å². The van der Waals surface area contributed by atoms with Crippen molar-refractivity contribution in [2.45, 2.75) is 13.1 Å². The first-order valence-corrected chi connectivity index (χ1v) is 8.90. The SMILES string of the molecule is CC(=O)OOc1ccccc1Oc1cc(-n2c(=O)cc(C(F)(F)F)[nH]c2=O)c(F)cc1Cl. The molecule has 3 rings (SSSR count). The number of halogens is 5. The number of carbonyl (C=O) groups excluding carboxylic acids is 1. The second-order valence-corrected chi connectivity index (χ2v) is 6.51. The van der Waals surface area contributed by atoms with Crippen LogP contribution in [0.4, 0.5) is 17.6 Å². The molecule has 0 bridgehead atoms. The summed E-state index contributed by atoms with van der Waals surface area (Å²) in [6, 6.07) is 7.41. The molecular formula is C19H11ClF4N2O6. The minimum atomic E-state index is -4.99. The summed E-state index contributed by atoms with van der Waals surface area (Å²) in [5, 5.41) is -0.301. The van der Waals surface area contributed by atoms with Gasteiger partial charge in [0.05, 0.1) is 10.7 Å². The molecule has 8 nitrogen and oxygen atoms in total. The van der Waals surface area contributed by atoms with Crippen molar-refractivity contribution < 1.29 is 36.9 Å². The smallest absolute Gasteiger partial charge is 0.431 e. The number of hydrogen-bond donors (Lipinski definition) is 1. The monoisotopic (exact) mass is 474 g/mol. The van der Waals surface area contributed by atoms with Crippen molar-refractivity contribution in [1.82, 2.24) is 9.55 Å². The number of nitrogens with zero attached hydrogens (tertiary/aromatic N) is 1. The number of benzene rings is 2. The number of aromatic nitrogens is 2. The van der Waals surface area contributed by atoms with Gasteiger partial charge in [-0.25, -0.2) is 18.5 Å². The van der Waals surface area contributed by atoms with E-state index in [-0.39, 0.29) is 32.9 Å². The normalized spacial score (nSPS) is 11.2. The predicted octanol–water partition coefficient (Wildman–Crippen LogP) is 3.99. The van der Waals surface area contributed by atoms with Gasteiger partial charge in [0.15, 0.2) is 5.75 Å². The fourth-order valence-electron chi connectivity index (χ4n) is 2.47. The second kappa shape index (κ2) is 8.75. The molecular weight excluding hydrogens is 464 g/mol. The molecule has 0 saturated carbocycles. The second-order valence-electron chi connectivity index (χ2n) is 6.10. The molecule has 1 heterocycles. The third-order valence-corrected chi connectivity index (χ3v) is 4.09. The van der Waals surface area contributed by atoms with E-state index in [0.29, 0.717) is 6.07 Å². The number of nitrogens with one attached hydrogen (secondary N) is 1. The van der Waals surface area contributed by atoms with Gasteiger partial charge < -0.3 is 9.72 Å². The maximum Gasteiger partial charge on any atom is 0.431 e. The molecule has 0 amide bonds. The Morgan fingerprint density at radius 3 is 2.31 bits per heavy atom. The lowest BCUT2D eigenvalue weighted by atomic mass is 10.2. The molecule has 0 atom stereocenters. The summed E-state index contributed by atoms with van der Waals surface area (Å²) >= 11 is 5.97. The van der Waals surface area contributed by atoms with E-state index in [1.165, 1.54) is 29.2 Å². The molecule has 13 heteroatoms. The molecule has 0 spiro atoms. The Morgan fingerprint density at radius 1 is 1.06 bits per heavy atom. The molecule has 32 heavy (non-hydrogen) atoms. The van der Waals surface area contributed by atoms with Crippen molar-refractivity contribution in [1.29, 1.82) is 0 Å². The van der Waals surface area contributed by atoms with Gasteiger partial charge in [0.25, 0.3) is 5.56 Å². The minimum absolute atomic E-state index is 0.0538. The predicted molar refractivity (Wildman–Crippen MR) is 102 cm³/mol. The number of alkyl halides is 3. The zero-order valence-corrected chi connectivity index (χ0v) is 16.6. The Bertz CT molecular complexity index is 1270. The number of H-pyrrole nitrogens is 1. The topological polar surface area (TPSA) is 99.6 Å². The summed E-state index contributed by atoms with van der Waals surface area (Å²) < 4.78 is 58.5. The lowest BCUT2D eigenvalue weighted by Crippen LogP contribution is -2.36. The number of aromatic amines is 1. The first-order chi connectivity index (χ1) is 15.0. The fraction of sp³-hybridized carbons (Fsp3) is 0.105. The number of para-hydroxylation sites is 2. The van der Waals surface area contributed by atoms with Gasteiger partial charge in [-0.15, -0.1) is 0 Å².